The lowest BCUT2D eigenvalue weighted by Crippen LogP contribution is -2.30. The molecule has 2 aromatic carbocycles. The summed E-state index contributed by atoms with van der Waals surface area (Å²) in [5, 5.41) is 4.20. The quantitative estimate of drug-likeness (QED) is 0.483. The smallest absolute Gasteiger partial charge is 0.347 e. The third-order valence-corrected chi connectivity index (χ3v) is 5.76. The second-order valence-corrected chi connectivity index (χ2v) is 7.67. The number of fused-ring (bicyclic) bond motifs is 2. The van der Waals surface area contributed by atoms with Crippen LogP contribution in [0.4, 0.5) is 5.69 Å². The lowest BCUT2D eigenvalue weighted by Gasteiger charge is -2.20. The van der Waals surface area contributed by atoms with Crippen molar-refractivity contribution >= 4 is 33.5 Å². The molecule has 0 atom stereocenters. The van der Waals surface area contributed by atoms with Crippen molar-refractivity contribution in [2.75, 3.05) is 31.1 Å². The molecular formula is C24H25N5O2. The molecule has 5 rings (SSSR count). The highest BCUT2D eigenvalue weighted by Gasteiger charge is 2.15. The molecule has 0 spiro atoms. The number of hydrogen-bond donors (Lipinski definition) is 2. The Bertz CT molecular complexity index is 1350. The van der Waals surface area contributed by atoms with Crippen LogP contribution in [0, 0.1) is 0 Å². The van der Waals surface area contributed by atoms with Crippen LogP contribution in [0.25, 0.3) is 33.4 Å². The first kappa shape index (κ1) is 19.4. The maximum atomic E-state index is 12.8. The molecule has 1 aliphatic heterocycles. The molecule has 0 radical (unpaired) electrons. The Morgan fingerprint density at radius 1 is 1.10 bits per heavy atom. The molecule has 0 bridgehead atoms. The Labute approximate surface area is 179 Å². The molecule has 1 aliphatic rings. The number of nitrogens with one attached hydrogen (secondary N) is 2. The second kappa shape index (κ2) is 7.91. The molecule has 2 aromatic heterocycles. The van der Waals surface area contributed by atoms with Gasteiger partial charge in [0.05, 0.1) is 11.0 Å². The minimum absolute atomic E-state index is 0.401. The summed E-state index contributed by atoms with van der Waals surface area (Å²) in [4.78, 5) is 27.5. The first-order chi connectivity index (χ1) is 15.2. The number of imidazole rings is 1. The predicted octanol–water partition coefficient (Wildman–Crippen LogP) is 3.92. The number of amidine groups is 1. The highest BCUT2D eigenvalue weighted by molar-refractivity contribution is 6.01. The number of anilines is 1. The number of aliphatic imine (C=N–C) groups is 1. The summed E-state index contributed by atoms with van der Waals surface area (Å²) in [6.45, 7) is 7.77. The molecule has 0 unspecified atom stereocenters. The van der Waals surface area contributed by atoms with Gasteiger partial charge in [0.25, 0.3) is 0 Å². The van der Waals surface area contributed by atoms with Gasteiger partial charge in [-0.15, -0.1) is 0 Å². The summed E-state index contributed by atoms with van der Waals surface area (Å²) >= 11 is 0. The van der Waals surface area contributed by atoms with Gasteiger partial charge in [-0.2, -0.15) is 0 Å². The predicted molar refractivity (Wildman–Crippen MR) is 125 cm³/mol. The standard InChI is InChI=1S/C24H25N5O2/c1-3-29(4-2)17-8-6-15-12-18(24(30)31-21(15)14-17)23-27-19-9-7-16(13-20(19)28-23)22-25-10-5-11-26-22/h6-9,12-14H,3-5,10-11H2,1-2H3,(H,25,26)(H,27,28). The Balaban J connectivity index is 1.55. The number of nitrogens with zero attached hydrogens (tertiary/aromatic N) is 3. The fourth-order valence-corrected chi connectivity index (χ4v) is 4.06. The topological polar surface area (TPSA) is 86.5 Å². The van der Waals surface area contributed by atoms with E-state index >= 15 is 0 Å². The zero-order valence-electron chi connectivity index (χ0n) is 17.7. The van der Waals surface area contributed by atoms with Gasteiger partial charge in [0.2, 0.25) is 0 Å². The van der Waals surface area contributed by atoms with Crippen LogP contribution in [0.1, 0.15) is 25.8 Å². The third kappa shape index (κ3) is 3.56. The molecule has 0 fully saturated rings. The van der Waals surface area contributed by atoms with Gasteiger partial charge in [-0.25, -0.2) is 9.78 Å². The molecule has 0 aliphatic carbocycles. The van der Waals surface area contributed by atoms with Crippen LogP contribution in [0.15, 0.2) is 56.7 Å². The van der Waals surface area contributed by atoms with E-state index in [-0.39, 0.29) is 0 Å². The van der Waals surface area contributed by atoms with Gasteiger partial charge < -0.3 is 19.6 Å². The van der Waals surface area contributed by atoms with E-state index < -0.39 is 5.63 Å². The minimum atomic E-state index is -0.401. The fourth-order valence-electron chi connectivity index (χ4n) is 4.06. The van der Waals surface area contributed by atoms with Crippen LogP contribution >= 0.6 is 0 Å². The average molecular weight is 415 g/mol. The third-order valence-electron chi connectivity index (χ3n) is 5.76. The summed E-state index contributed by atoms with van der Waals surface area (Å²) in [6.07, 6.45) is 1.05. The van der Waals surface area contributed by atoms with Crippen molar-refractivity contribution in [1.82, 2.24) is 15.3 Å². The number of rotatable bonds is 5. The van der Waals surface area contributed by atoms with Crippen molar-refractivity contribution in [3.8, 4) is 11.4 Å². The normalized spacial score (nSPS) is 13.9. The van der Waals surface area contributed by atoms with Crippen LogP contribution in [0.2, 0.25) is 0 Å². The number of aromatic amines is 1. The van der Waals surface area contributed by atoms with E-state index in [2.05, 4.69) is 45.1 Å². The maximum Gasteiger partial charge on any atom is 0.347 e. The van der Waals surface area contributed by atoms with Crippen molar-refractivity contribution in [3.05, 3.63) is 58.4 Å². The molecule has 2 N–H and O–H groups in total. The van der Waals surface area contributed by atoms with Crippen LogP contribution in [-0.2, 0) is 0 Å². The maximum absolute atomic E-state index is 12.8. The van der Waals surface area contributed by atoms with E-state index in [1.54, 1.807) is 0 Å². The molecule has 0 saturated heterocycles. The molecular weight excluding hydrogens is 390 g/mol. The number of benzene rings is 2. The van der Waals surface area contributed by atoms with E-state index in [0.29, 0.717) is 17.0 Å². The van der Waals surface area contributed by atoms with Crippen molar-refractivity contribution in [3.63, 3.8) is 0 Å². The number of H-pyrrole nitrogens is 1. The highest BCUT2D eigenvalue weighted by Crippen LogP contribution is 2.26. The van der Waals surface area contributed by atoms with Gasteiger partial charge in [-0.1, -0.05) is 0 Å². The minimum Gasteiger partial charge on any atom is -0.422 e. The summed E-state index contributed by atoms with van der Waals surface area (Å²) in [5.41, 5.74) is 4.32. The van der Waals surface area contributed by atoms with E-state index in [1.165, 1.54) is 0 Å². The zero-order chi connectivity index (χ0) is 21.4. The van der Waals surface area contributed by atoms with Crippen molar-refractivity contribution < 1.29 is 4.42 Å². The van der Waals surface area contributed by atoms with Gasteiger partial charge in [0.15, 0.2) is 0 Å². The largest absolute Gasteiger partial charge is 0.422 e. The zero-order valence-corrected chi connectivity index (χ0v) is 17.7. The molecule has 158 valence electrons. The first-order valence-corrected chi connectivity index (χ1v) is 10.8. The van der Waals surface area contributed by atoms with Gasteiger partial charge in [-0.3, -0.25) is 4.99 Å². The monoisotopic (exact) mass is 415 g/mol. The Kier molecular flexibility index (Phi) is 4.94. The highest BCUT2D eigenvalue weighted by atomic mass is 16.4. The lowest BCUT2D eigenvalue weighted by molar-refractivity contribution is 0.563. The van der Waals surface area contributed by atoms with Gasteiger partial charge >= 0.3 is 5.63 Å². The fraction of sp³-hybridized carbons (Fsp3) is 0.292. The Hall–Kier alpha value is -3.61. The van der Waals surface area contributed by atoms with Crippen molar-refractivity contribution in [1.29, 1.82) is 0 Å². The molecule has 7 nitrogen and oxygen atoms in total. The Morgan fingerprint density at radius 3 is 2.74 bits per heavy atom. The van der Waals surface area contributed by atoms with Crippen LogP contribution in [0.3, 0.4) is 0 Å². The molecule has 31 heavy (non-hydrogen) atoms. The lowest BCUT2D eigenvalue weighted by atomic mass is 10.1. The van der Waals surface area contributed by atoms with E-state index in [9.17, 15) is 4.79 Å². The Morgan fingerprint density at radius 2 is 1.97 bits per heavy atom. The van der Waals surface area contributed by atoms with E-state index in [4.69, 9.17) is 4.42 Å². The molecule has 0 amide bonds. The number of hydrogen-bond acceptors (Lipinski definition) is 6. The van der Waals surface area contributed by atoms with Crippen molar-refractivity contribution in [2.24, 2.45) is 4.99 Å². The number of aromatic nitrogens is 2. The van der Waals surface area contributed by atoms with Gasteiger partial charge in [-0.05, 0) is 56.7 Å². The van der Waals surface area contributed by atoms with Gasteiger partial charge in [0, 0.05) is 48.9 Å². The molecule has 4 aromatic rings. The summed E-state index contributed by atoms with van der Waals surface area (Å²) in [5.74, 6) is 1.41. The summed E-state index contributed by atoms with van der Waals surface area (Å²) in [7, 11) is 0. The SMILES string of the molecule is CCN(CC)c1ccc2cc(-c3nc4ccc(C5=NCCCN5)cc4[nH]3)c(=O)oc2c1. The molecule has 0 saturated carbocycles. The van der Waals surface area contributed by atoms with Crippen LogP contribution < -0.4 is 15.8 Å². The van der Waals surface area contributed by atoms with Crippen LogP contribution in [0.5, 0.6) is 0 Å². The summed E-state index contributed by atoms with van der Waals surface area (Å²) < 4.78 is 5.67. The van der Waals surface area contributed by atoms with Crippen LogP contribution in [-0.4, -0.2) is 42.0 Å². The second-order valence-electron chi connectivity index (χ2n) is 7.67. The molecule has 3 heterocycles. The van der Waals surface area contributed by atoms with E-state index in [0.717, 1.165) is 66.1 Å². The van der Waals surface area contributed by atoms with Gasteiger partial charge in [0.1, 0.15) is 22.8 Å². The average Bonchev–Trinajstić information content (AvgIpc) is 3.23. The van der Waals surface area contributed by atoms with E-state index in [1.807, 2.05) is 36.4 Å². The van der Waals surface area contributed by atoms with Crippen molar-refractivity contribution in [2.45, 2.75) is 20.3 Å². The molecule has 7 heteroatoms. The first-order valence-electron chi connectivity index (χ1n) is 10.8. The summed E-state index contributed by atoms with van der Waals surface area (Å²) in [6, 6.07) is 13.8.